The van der Waals surface area contributed by atoms with Crippen molar-refractivity contribution in [2.45, 2.75) is 58.4 Å². The highest BCUT2D eigenvalue weighted by molar-refractivity contribution is 5.89. The molecular weight excluding hydrogens is 198 g/mol. The molecule has 0 N–H and O–H groups in total. The van der Waals surface area contributed by atoms with E-state index in [1.165, 1.54) is 19.3 Å². The van der Waals surface area contributed by atoms with E-state index in [-0.39, 0.29) is 5.54 Å². The van der Waals surface area contributed by atoms with E-state index in [1.807, 2.05) is 14.1 Å². The van der Waals surface area contributed by atoms with Crippen molar-refractivity contribution in [1.82, 2.24) is 4.90 Å². The second-order valence-electron chi connectivity index (χ2n) is 5.88. The summed E-state index contributed by atoms with van der Waals surface area (Å²) in [6.07, 6.45) is 6.05. The summed E-state index contributed by atoms with van der Waals surface area (Å²) in [7, 11) is 4.00. The lowest BCUT2D eigenvalue weighted by Gasteiger charge is -2.38. The molecule has 0 aromatic heterocycles. The van der Waals surface area contributed by atoms with Crippen molar-refractivity contribution >= 4 is 5.78 Å². The number of carbonyl (C=O) groups is 1. The molecule has 2 unspecified atom stereocenters. The summed E-state index contributed by atoms with van der Waals surface area (Å²) >= 11 is 0. The summed E-state index contributed by atoms with van der Waals surface area (Å²) in [5.74, 6) is 1.38. The van der Waals surface area contributed by atoms with Crippen LogP contribution in [-0.4, -0.2) is 30.3 Å². The average molecular weight is 225 g/mol. The second kappa shape index (κ2) is 5.31. The number of nitrogens with zero attached hydrogens (tertiary/aromatic N) is 1. The van der Waals surface area contributed by atoms with Crippen LogP contribution in [0.3, 0.4) is 0 Å². The normalized spacial score (nSPS) is 27.1. The predicted molar refractivity (Wildman–Crippen MR) is 68.5 cm³/mol. The minimum Gasteiger partial charge on any atom is -0.298 e. The lowest BCUT2D eigenvalue weighted by atomic mass is 9.71. The third-order valence-corrected chi connectivity index (χ3v) is 4.49. The second-order valence-corrected chi connectivity index (χ2v) is 5.88. The summed E-state index contributed by atoms with van der Waals surface area (Å²) in [5.41, 5.74) is -0.310. The molecule has 1 fully saturated rings. The van der Waals surface area contributed by atoms with Crippen molar-refractivity contribution in [1.29, 1.82) is 0 Å². The number of Topliss-reactive ketones (excluding diaryl/α,β-unsaturated/α-hetero) is 1. The summed E-state index contributed by atoms with van der Waals surface area (Å²) in [6, 6.07) is 0. The van der Waals surface area contributed by atoms with Gasteiger partial charge in [-0.3, -0.25) is 9.69 Å². The van der Waals surface area contributed by atoms with Gasteiger partial charge in [-0.1, -0.05) is 26.2 Å². The van der Waals surface area contributed by atoms with Crippen molar-refractivity contribution in [2.24, 2.45) is 11.8 Å². The molecule has 0 bridgehead atoms. The van der Waals surface area contributed by atoms with Crippen molar-refractivity contribution in [2.75, 3.05) is 14.1 Å². The number of carbonyl (C=O) groups excluding carboxylic acids is 1. The maximum Gasteiger partial charge on any atom is 0.155 e. The van der Waals surface area contributed by atoms with Gasteiger partial charge in [0.05, 0.1) is 5.54 Å². The molecule has 0 aliphatic heterocycles. The van der Waals surface area contributed by atoms with Crippen LogP contribution in [0.5, 0.6) is 0 Å². The van der Waals surface area contributed by atoms with Gasteiger partial charge >= 0.3 is 0 Å². The Kier molecular flexibility index (Phi) is 4.54. The highest BCUT2D eigenvalue weighted by Crippen LogP contribution is 2.35. The molecule has 2 heteroatoms. The molecule has 0 heterocycles. The van der Waals surface area contributed by atoms with Crippen molar-refractivity contribution in [3.63, 3.8) is 0 Å². The molecule has 94 valence electrons. The Morgan fingerprint density at radius 2 is 1.81 bits per heavy atom. The fourth-order valence-corrected chi connectivity index (χ4v) is 2.72. The van der Waals surface area contributed by atoms with E-state index in [0.717, 1.165) is 12.8 Å². The van der Waals surface area contributed by atoms with Crippen LogP contribution < -0.4 is 0 Å². The van der Waals surface area contributed by atoms with Gasteiger partial charge in [0.1, 0.15) is 0 Å². The molecule has 2 atom stereocenters. The summed E-state index contributed by atoms with van der Waals surface area (Å²) < 4.78 is 0. The van der Waals surface area contributed by atoms with Gasteiger partial charge in [0.2, 0.25) is 0 Å². The van der Waals surface area contributed by atoms with E-state index in [4.69, 9.17) is 0 Å². The van der Waals surface area contributed by atoms with Crippen LogP contribution in [0.25, 0.3) is 0 Å². The van der Waals surface area contributed by atoms with Crippen LogP contribution in [0.15, 0.2) is 0 Å². The maximum absolute atomic E-state index is 12.6. The fraction of sp³-hybridized carbons (Fsp3) is 0.929. The highest BCUT2D eigenvalue weighted by Gasteiger charge is 2.39. The largest absolute Gasteiger partial charge is 0.298 e. The summed E-state index contributed by atoms with van der Waals surface area (Å²) in [4.78, 5) is 14.6. The third kappa shape index (κ3) is 2.65. The highest BCUT2D eigenvalue weighted by atomic mass is 16.1. The fourth-order valence-electron chi connectivity index (χ4n) is 2.72. The monoisotopic (exact) mass is 225 g/mol. The van der Waals surface area contributed by atoms with Gasteiger partial charge in [-0.25, -0.2) is 0 Å². The molecule has 2 nitrogen and oxygen atoms in total. The van der Waals surface area contributed by atoms with E-state index in [2.05, 4.69) is 25.7 Å². The lowest BCUT2D eigenvalue weighted by Crippen LogP contribution is -2.50. The first-order valence-electron chi connectivity index (χ1n) is 6.63. The van der Waals surface area contributed by atoms with Crippen LogP contribution in [0, 0.1) is 11.8 Å². The van der Waals surface area contributed by atoms with Crippen molar-refractivity contribution < 1.29 is 4.79 Å². The standard InChI is InChI=1S/C14H27NO/c1-6-11-9-7-8-10-12(11)13(16)14(2,3)15(4)5/h11-12H,6-10H2,1-5H3. The van der Waals surface area contributed by atoms with Gasteiger partial charge in [0.25, 0.3) is 0 Å². The lowest BCUT2D eigenvalue weighted by molar-refractivity contribution is -0.135. The number of hydrogen-bond acceptors (Lipinski definition) is 2. The Bertz CT molecular complexity index is 245. The Labute approximate surface area is 100 Å². The average Bonchev–Trinajstić information content (AvgIpc) is 2.27. The van der Waals surface area contributed by atoms with Crippen LogP contribution in [-0.2, 0) is 4.79 Å². The van der Waals surface area contributed by atoms with Crippen LogP contribution in [0.1, 0.15) is 52.9 Å². The summed E-state index contributed by atoms with van der Waals surface area (Å²) in [5, 5.41) is 0. The zero-order valence-electron chi connectivity index (χ0n) is 11.5. The Hall–Kier alpha value is -0.370. The molecule has 1 aliphatic rings. The van der Waals surface area contributed by atoms with Gasteiger partial charge in [0.15, 0.2) is 5.78 Å². The van der Waals surface area contributed by atoms with Crippen LogP contribution >= 0.6 is 0 Å². The molecule has 1 rings (SSSR count). The first kappa shape index (κ1) is 13.7. The van der Waals surface area contributed by atoms with Crippen molar-refractivity contribution in [3.05, 3.63) is 0 Å². The van der Waals surface area contributed by atoms with E-state index >= 15 is 0 Å². The SMILES string of the molecule is CCC1CCCCC1C(=O)C(C)(C)N(C)C. The number of ketones is 1. The molecule has 0 radical (unpaired) electrons. The number of likely N-dealkylation sites (N-methyl/N-ethyl adjacent to an activating group) is 1. The van der Waals surface area contributed by atoms with E-state index < -0.39 is 0 Å². The van der Waals surface area contributed by atoms with Gasteiger partial charge in [0, 0.05) is 5.92 Å². The maximum atomic E-state index is 12.6. The van der Waals surface area contributed by atoms with Crippen LogP contribution in [0.2, 0.25) is 0 Å². The summed E-state index contributed by atoms with van der Waals surface area (Å²) in [6.45, 7) is 6.33. The zero-order chi connectivity index (χ0) is 12.3. The molecule has 0 amide bonds. The van der Waals surface area contributed by atoms with Crippen LogP contribution in [0.4, 0.5) is 0 Å². The van der Waals surface area contributed by atoms with Crippen molar-refractivity contribution in [3.8, 4) is 0 Å². The van der Waals surface area contributed by atoms with Gasteiger partial charge < -0.3 is 0 Å². The molecule has 0 aromatic rings. The number of rotatable bonds is 4. The Morgan fingerprint density at radius 1 is 1.25 bits per heavy atom. The minimum absolute atomic E-state index is 0.302. The first-order valence-corrected chi connectivity index (χ1v) is 6.63. The minimum atomic E-state index is -0.310. The predicted octanol–water partition coefficient (Wildman–Crippen LogP) is 3.11. The Morgan fingerprint density at radius 3 is 2.31 bits per heavy atom. The van der Waals surface area contributed by atoms with E-state index in [0.29, 0.717) is 17.6 Å². The molecule has 16 heavy (non-hydrogen) atoms. The molecule has 1 aliphatic carbocycles. The zero-order valence-corrected chi connectivity index (χ0v) is 11.5. The van der Waals surface area contributed by atoms with E-state index in [1.54, 1.807) is 0 Å². The van der Waals surface area contributed by atoms with E-state index in [9.17, 15) is 4.79 Å². The van der Waals surface area contributed by atoms with Gasteiger partial charge in [-0.2, -0.15) is 0 Å². The topological polar surface area (TPSA) is 20.3 Å². The molecule has 0 aromatic carbocycles. The number of hydrogen-bond donors (Lipinski definition) is 0. The molecular formula is C14H27NO. The quantitative estimate of drug-likeness (QED) is 0.732. The first-order chi connectivity index (χ1) is 7.41. The molecule has 0 spiro atoms. The third-order valence-electron chi connectivity index (χ3n) is 4.49. The van der Waals surface area contributed by atoms with Gasteiger partial charge in [-0.15, -0.1) is 0 Å². The van der Waals surface area contributed by atoms with Gasteiger partial charge in [-0.05, 0) is 46.7 Å². The molecule has 1 saturated carbocycles. The Balaban J connectivity index is 2.78. The smallest absolute Gasteiger partial charge is 0.155 e. The molecule has 0 saturated heterocycles.